The highest BCUT2D eigenvalue weighted by atomic mass is 16.4. The number of aromatic carboxylic acids is 1. The van der Waals surface area contributed by atoms with Crippen LogP contribution in [-0.2, 0) is 6.42 Å². The Labute approximate surface area is 123 Å². The number of rotatable bonds is 5. The van der Waals surface area contributed by atoms with Crippen LogP contribution in [0.15, 0.2) is 24.4 Å². The molecule has 0 radical (unpaired) electrons. The van der Waals surface area contributed by atoms with Crippen LogP contribution in [0.3, 0.4) is 0 Å². The molecule has 2 aromatic heterocycles. The molecule has 6 nitrogen and oxygen atoms in total. The molecule has 3 heterocycles. The van der Waals surface area contributed by atoms with Crippen LogP contribution in [0.5, 0.6) is 0 Å². The summed E-state index contributed by atoms with van der Waals surface area (Å²) in [4.78, 5) is 15.7. The molecule has 0 unspecified atom stereocenters. The van der Waals surface area contributed by atoms with E-state index in [1.807, 2.05) is 12.3 Å². The third-order valence-corrected chi connectivity index (χ3v) is 3.91. The number of piperidine rings is 1. The predicted molar refractivity (Wildman–Crippen MR) is 79.7 cm³/mol. The van der Waals surface area contributed by atoms with E-state index in [0.29, 0.717) is 11.7 Å². The van der Waals surface area contributed by atoms with Gasteiger partial charge in [0.05, 0.1) is 5.69 Å². The fraction of sp³-hybridized carbons (Fsp3) is 0.467. The number of fused-ring (bicyclic) bond motifs is 1. The maximum Gasteiger partial charge on any atom is 0.352 e. The van der Waals surface area contributed by atoms with Gasteiger partial charge in [-0.2, -0.15) is 0 Å². The van der Waals surface area contributed by atoms with Crippen LogP contribution >= 0.6 is 0 Å². The molecular formula is C15H20N4O2. The molecule has 0 aromatic carbocycles. The fourth-order valence-corrected chi connectivity index (χ4v) is 2.79. The molecule has 0 bridgehead atoms. The summed E-state index contributed by atoms with van der Waals surface area (Å²) in [5.41, 5.74) is 1.86. The van der Waals surface area contributed by atoms with Crippen molar-refractivity contribution in [2.75, 3.05) is 19.6 Å². The van der Waals surface area contributed by atoms with Crippen molar-refractivity contribution >= 4 is 11.6 Å². The first-order valence-corrected chi connectivity index (χ1v) is 7.38. The van der Waals surface area contributed by atoms with Crippen molar-refractivity contribution in [3.63, 3.8) is 0 Å². The third-order valence-electron chi connectivity index (χ3n) is 3.91. The lowest BCUT2D eigenvalue weighted by Crippen LogP contribution is -2.40. The number of carbonyl (C=O) groups is 1. The summed E-state index contributed by atoms with van der Waals surface area (Å²) < 4.78 is 1.64. The fourth-order valence-electron chi connectivity index (χ4n) is 2.79. The van der Waals surface area contributed by atoms with E-state index in [1.54, 1.807) is 16.5 Å². The minimum absolute atomic E-state index is 0.248. The molecule has 1 saturated heterocycles. The van der Waals surface area contributed by atoms with E-state index < -0.39 is 5.97 Å². The molecule has 0 amide bonds. The van der Waals surface area contributed by atoms with Crippen LogP contribution in [0.4, 0.5) is 0 Å². The summed E-state index contributed by atoms with van der Waals surface area (Å²) in [5, 5.41) is 16.1. The van der Waals surface area contributed by atoms with Gasteiger partial charge in [-0.1, -0.05) is 6.07 Å². The predicted octanol–water partition coefficient (Wildman–Crippen LogP) is 0.917. The number of pyridine rings is 1. The van der Waals surface area contributed by atoms with Gasteiger partial charge in [0.2, 0.25) is 0 Å². The molecule has 0 spiro atoms. The Balaban J connectivity index is 1.64. The van der Waals surface area contributed by atoms with Gasteiger partial charge < -0.3 is 15.7 Å². The van der Waals surface area contributed by atoms with E-state index in [-0.39, 0.29) is 5.69 Å². The Morgan fingerprint density at radius 1 is 1.43 bits per heavy atom. The minimum atomic E-state index is -0.933. The third kappa shape index (κ3) is 3.22. The zero-order valence-electron chi connectivity index (χ0n) is 11.9. The summed E-state index contributed by atoms with van der Waals surface area (Å²) in [6.45, 7) is 3.03. The second-order valence-electron chi connectivity index (χ2n) is 5.41. The van der Waals surface area contributed by atoms with Gasteiger partial charge in [-0.25, -0.2) is 9.78 Å². The molecule has 3 N–H and O–H groups in total. The largest absolute Gasteiger partial charge is 0.477 e. The van der Waals surface area contributed by atoms with Gasteiger partial charge in [-0.3, -0.25) is 4.40 Å². The molecule has 112 valence electrons. The average molecular weight is 288 g/mol. The molecule has 0 saturated carbocycles. The number of imidazole rings is 1. The molecule has 1 aliphatic heterocycles. The summed E-state index contributed by atoms with van der Waals surface area (Å²) in [7, 11) is 0. The van der Waals surface area contributed by atoms with Gasteiger partial charge in [0, 0.05) is 25.2 Å². The number of nitrogens with one attached hydrogen (secondary N) is 2. The standard InChI is InChI=1S/C15H20N4O2/c20-15(21)13-2-1-3-14-18-12(10-19(13)14)6-9-17-11-4-7-16-8-5-11/h1-3,10-11,16-17H,4-9H2,(H,20,21). The number of nitrogens with zero attached hydrogens (tertiary/aromatic N) is 2. The Morgan fingerprint density at radius 3 is 3.00 bits per heavy atom. The first-order valence-electron chi connectivity index (χ1n) is 7.38. The van der Waals surface area contributed by atoms with E-state index >= 15 is 0 Å². The van der Waals surface area contributed by atoms with E-state index in [1.165, 1.54) is 0 Å². The lowest BCUT2D eigenvalue weighted by Gasteiger charge is -2.23. The normalized spacial score (nSPS) is 16.4. The van der Waals surface area contributed by atoms with Gasteiger partial charge in [-0.15, -0.1) is 0 Å². The Kier molecular flexibility index (Phi) is 4.17. The van der Waals surface area contributed by atoms with Crippen LogP contribution in [0, 0.1) is 0 Å². The lowest BCUT2D eigenvalue weighted by atomic mass is 10.1. The second-order valence-corrected chi connectivity index (χ2v) is 5.41. The van der Waals surface area contributed by atoms with Crippen LogP contribution < -0.4 is 10.6 Å². The minimum Gasteiger partial charge on any atom is -0.477 e. The summed E-state index contributed by atoms with van der Waals surface area (Å²) in [6, 6.07) is 5.73. The van der Waals surface area contributed by atoms with Crippen molar-refractivity contribution in [3.05, 3.63) is 35.8 Å². The Hall–Kier alpha value is -1.92. The maximum absolute atomic E-state index is 11.2. The highest BCUT2D eigenvalue weighted by Crippen LogP contribution is 2.10. The van der Waals surface area contributed by atoms with Gasteiger partial charge >= 0.3 is 5.97 Å². The maximum atomic E-state index is 11.2. The second kappa shape index (κ2) is 6.24. The molecule has 0 atom stereocenters. The van der Waals surface area contributed by atoms with Crippen LogP contribution in [0.25, 0.3) is 5.65 Å². The summed E-state index contributed by atoms with van der Waals surface area (Å²) in [5.74, 6) is -0.933. The highest BCUT2D eigenvalue weighted by Gasteiger charge is 2.13. The quantitative estimate of drug-likeness (QED) is 0.762. The van der Waals surface area contributed by atoms with Crippen molar-refractivity contribution in [3.8, 4) is 0 Å². The first kappa shape index (κ1) is 14.0. The molecule has 6 heteroatoms. The smallest absolute Gasteiger partial charge is 0.352 e. The highest BCUT2D eigenvalue weighted by molar-refractivity contribution is 5.86. The van der Waals surface area contributed by atoms with E-state index in [2.05, 4.69) is 15.6 Å². The van der Waals surface area contributed by atoms with Crippen LogP contribution in [-0.4, -0.2) is 46.1 Å². The number of hydrogen-bond acceptors (Lipinski definition) is 4. The van der Waals surface area contributed by atoms with Gasteiger partial charge in [0.1, 0.15) is 11.3 Å². The number of hydrogen-bond donors (Lipinski definition) is 3. The van der Waals surface area contributed by atoms with E-state index in [4.69, 9.17) is 0 Å². The molecule has 3 rings (SSSR count). The number of carboxylic acids is 1. The zero-order valence-corrected chi connectivity index (χ0v) is 11.9. The Bertz CT molecular complexity index is 632. The molecule has 2 aromatic rings. The number of carboxylic acid groups (broad SMARTS) is 1. The van der Waals surface area contributed by atoms with Gasteiger partial charge in [0.25, 0.3) is 0 Å². The zero-order chi connectivity index (χ0) is 14.7. The SMILES string of the molecule is O=C(O)c1cccc2nc(CCNC3CCNCC3)cn12. The summed E-state index contributed by atoms with van der Waals surface area (Å²) in [6.07, 6.45) is 4.95. The van der Waals surface area contributed by atoms with Crippen molar-refractivity contribution in [1.29, 1.82) is 0 Å². The lowest BCUT2D eigenvalue weighted by molar-refractivity contribution is 0.0689. The molecule has 1 fully saturated rings. The summed E-state index contributed by atoms with van der Waals surface area (Å²) >= 11 is 0. The van der Waals surface area contributed by atoms with Crippen molar-refractivity contribution in [2.24, 2.45) is 0 Å². The number of aromatic nitrogens is 2. The van der Waals surface area contributed by atoms with Crippen LogP contribution in [0.2, 0.25) is 0 Å². The van der Waals surface area contributed by atoms with E-state index in [0.717, 1.165) is 44.6 Å². The molecular weight excluding hydrogens is 268 g/mol. The monoisotopic (exact) mass is 288 g/mol. The topological polar surface area (TPSA) is 78.7 Å². The van der Waals surface area contributed by atoms with Crippen molar-refractivity contribution in [1.82, 2.24) is 20.0 Å². The van der Waals surface area contributed by atoms with E-state index in [9.17, 15) is 9.90 Å². The van der Waals surface area contributed by atoms with Gasteiger partial charge in [0.15, 0.2) is 0 Å². The Morgan fingerprint density at radius 2 is 2.24 bits per heavy atom. The molecule has 0 aliphatic carbocycles. The van der Waals surface area contributed by atoms with Crippen molar-refractivity contribution < 1.29 is 9.90 Å². The molecule has 1 aliphatic rings. The first-order chi connectivity index (χ1) is 10.2. The van der Waals surface area contributed by atoms with Gasteiger partial charge in [-0.05, 0) is 38.1 Å². The van der Waals surface area contributed by atoms with Crippen molar-refractivity contribution in [2.45, 2.75) is 25.3 Å². The van der Waals surface area contributed by atoms with Crippen LogP contribution in [0.1, 0.15) is 29.0 Å². The molecule has 21 heavy (non-hydrogen) atoms. The average Bonchev–Trinajstić information content (AvgIpc) is 2.90.